The molecule has 2 aromatic carbocycles. The van der Waals surface area contributed by atoms with Crippen molar-refractivity contribution in [3.63, 3.8) is 0 Å². The molecule has 0 aliphatic heterocycles. The molecule has 1 heterocycles. The number of halogens is 1. The predicted molar refractivity (Wildman–Crippen MR) is 107 cm³/mol. The summed E-state index contributed by atoms with van der Waals surface area (Å²) >= 11 is 10.1. The van der Waals surface area contributed by atoms with Gasteiger partial charge in [-0.25, -0.2) is 4.98 Å². The molecule has 4 nitrogen and oxygen atoms in total. The number of amides is 1. The van der Waals surface area contributed by atoms with Gasteiger partial charge >= 0.3 is 0 Å². The van der Waals surface area contributed by atoms with Crippen molar-refractivity contribution in [1.82, 2.24) is 10.3 Å². The third-order valence-corrected chi connectivity index (χ3v) is 5.28. The zero-order valence-electron chi connectivity index (χ0n) is 13.0. The number of nitrogens with zero attached hydrogens (tertiary/aromatic N) is 1. The summed E-state index contributed by atoms with van der Waals surface area (Å²) in [6, 6.07) is 11.3. The minimum Gasteiger partial charge on any atom is -0.308 e. The molecule has 7 heteroatoms. The number of aryl methyl sites for hydroxylation is 2. The van der Waals surface area contributed by atoms with E-state index in [2.05, 4.69) is 50.6 Å². The van der Waals surface area contributed by atoms with Crippen molar-refractivity contribution in [3.05, 3.63) is 57.6 Å². The Labute approximate surface area is 157 Å². The van der Waals surface area contributed by atoms with Gasteiger partial charge in [-0.05, 0) is 55.4 Å². The third-order valence-electron chi connectivity index (χ3n) is 3.48. The van der Waals surface area contributed by atoms with Gasteiger partial charge in [-0.3, -0.25) is 10.1 Å². The number of rotatable bonds is 2. The number of thiocarbonyl (C=S) groups is 1. The van der Waals surface area contributed by atoms with Crippen molar-refractivity contribution in [2.75, 3.05) is 5.32 Å². The van der Waals surface area contributed by atoms with Crippen LogP contribution in [0.5, 0.6) is 0 Å². The second kappa shape index (κ2) is 6.96. The van der Waals surface area contributed by atoms with Crippen LogP contribution in [-0.2, 0) is 0 Å². The number of carbonyl (C=O) groups excluding carboxylic acids is 1. The Bertz CT molecular complexity index is 913. The summed E-state index contributed by atoms with van der Waals surface area (Å²) < 4.78 is 1.96. The molecule has 1 aromatic heterocycles. The van der Waals surface area contributed by atoms with E-state index < -0.39 is 0 Å². The average Bonchev–Trinajstić information content (AvgIpc) is 2.96. The van der Waals surface area contributed by atoms with Crippen LogP contribution in [0.3, 0.4) is 0 Å². The third kappa shape index (κ3) is 3.63. The first kappa shape index (κ1) is 17.0. The van der Waals surface area contributed by atoms with Gasteiger partial charge in [0.25, 0.3) is 5.91 Å². The molecule has 3 aromatic rings. The van der Waals surface area contributed by atoms with Gasteiger partial charge < -0.3 is 5.32 Å². The van der Waals surface area contributed by atoms with E-state index in [0.29, 0.717) is 10.7 Å². The minimum atomic E-state index is -0.262. The summed E-state index contributed by atoms with van der Waals surface area (Å²) in [6.45, 7) is 4.08. The Hall–Kier alpha value is -1.83. The molecule has 0 atom stereocenters. The first-order valence-electron chi connectivity index (χ1n) is 7.18. The molecule has 0 unspecified atom stereocenters. The molecule has 0 spiro atoms. The molecule has 0 fully saturated rings. The highest BCUT2D eigenvalue weighted by Crippen LogP contribution is 2.30. The lowest BCUT2D eigenvalue weighted by Crippen LogP contribution is -2.34. The standard InChI is InChI=1S/C17H14BrN3OS2/c1-9-6-7-10(2)14-13(9)19-17(24-14)21-16(23)20-15(22)11-4-3-5-12(18)8-11/h3-8H,1-2H3,(H2,19,20,21,22,23). The Morgan fingerprint density at radius 3 is 2.67 bits per heavy atom. The van der Waals surface area contributed by atoms with Crippen molar-refractivity contribution >= 4 is 65.9 Å². The van der Waals surface area contributed by atoms with Crippen LogP contribution in [0.1, 0.15) is 21.5 Å². The van der Waals surface area contributed by atoms with E-state index in [0.717, 1.165) is 20.3 Å². The Kier molecular flexibility index (Phi) is 4.93. The van der Waals surface area contributed by atoms with E-state index in [1.165, 1.54) is 16.9 Å². The fourth-order valence-corrected chi connectivity index (χ4v) is 3.92. The second-order valence-corrected chi connectivity index (χ2v) is 7.64. The maximum atomic E-state index is 12.2. The maximum absolute atomic E-state index is 12.2. The number of benzene rings is 2. The van der Waals surface area contributed by atoms with Gasteiger partial charge in [0.05, 0.1) is 10.2 Å². The van der Waals surface area contributed by atoms with E-state index in [4.69, 9.17) is 12.2 Å². The van der Waals surface area contributed by atoms with Gasteiger partial charge in [-0.15, -0.1) is 0 Å². The summed E-state index contributed by atoms with van der Waals surface area (Å²) in [5.74, 6) is -0.262. The Morgan fingerprint density at radius 1 is 1.21 bits per heavy atom. The largest absolute Gasteiger partial charge is 0.308 e. The Morgan fingerprint density at radius 2 is 1.96 bits per heavy atom. The molecular weight excluding hydrogens is 406 g/mol. The first-order chi connectivity index (χ1) is 11.4. The molecular formula is C17H14BrN3OS2. The number of hydrogen-bond donors (Lipinski definition) is 2. The quantitative estimate of drug-likeness (QED) is 0.585. The summed E-state index contributed by atoms with van der Waals surface area (Å²) in [4.78, 5) is 16.8. The van der Waals surface area contributed by atoms with Crippen LogP contribution in [0.15, 0.2) is 40.9 Å². The fraction of sp³-hybridized carbons (Fsp3) is 0.118. The molecule has 3 rings (SSSR count). The molecule has 122 valence electrons. The van der Waals surface area contributed by atoms with Gasteiger partial charge in [0.1, 0.15) is 0 Å². The van der Waals surface area contributed by atoms with Crippen LogP contribution in [-0.4, -0.2) is 16.0 Å². The summed E-state index contributed by atoms with van der Waals surface area (Å²) in [6.07, 6.45) is 0. The number of fused-ring (bicyclic) bond motifs is 1. The average molecular weight is 420 g/mol. The van der Waals surface area contributed by atoms with Crippen LogP contribution in [0.2, 0.25) is 0 Å². The van der Waals surface area contributed by atoms with Crippen LogP contribution in [0, 0.1) is 13.8 Å². The summed E-state index contributed by atoms with van der Waals surface area (Å²) in [5, 5.41) is 6.57. The van der Waals surface area contributed by atoms with Gasteiger partial charge in [0.15, 0.2) is 10.2 Å². The van der Waals surface area contributed by atoms with Gasteiger partial charge in [-0.2, -0.15) is 0 Å². The molecule has 0 aliphatic rings. The van der Waals surface area contributed by atoms with E-state index in [1.807, 2.05) is 13.0 Å². The monoisotopic (exact) mass is 419 g/mol. The topological polar surface area (TPSA) is 54.0 Å². The van der Waals surface area contributed by atoms with Gasteiger partial charge in [0, 0.05) is 10.0 Å². The smallest absolute Gasteiger partial charge is 0.257 e. The lowest BCUT2D eigenvalue weighted by atomic mass is 10.1. The van der Waals surface area contributed by atoms with Crippen molar-refractivity contribution in [2.24, 2.45) is 0 Å². The zero-order chi connectivity index (χ0) is 17.3. The van der Waals surface area contributed by atoms with E-state index in [9.17, 15) is 4.79 Å². The van der Waals surface area contributed by atoms with Crippen LogP contribution >= 0.6 is 39.5 Å². The number of anilines is 1. The van der Waals surface area contributed by atoms with Crippen molar-refractivity contribution in [2.45, 2.75) is 13.8 Å². The molecule has 0 radical (unpaired) electrons. The lowest BCUT2D eigenvalue weighted by Gasteiger charge is -2.07. The van der Waals surface area contributed by atoms with Crippen molar-refractivity contribution < 1.29 is 4.79 Å². The van der Waals surface area contributed by atoms with Crippen molar-refractivity contribution in [3.8, 4) is 0 Å². The van der Waals surface area contributed by atoms with Gasteiger partial charge in [0.2, 0.25) is 0 Å². The molecule has 2 N–H and O–H groups in total. The zero-order valence-corrected chi connectivity index (χ0v) is 16.2. The van der Waals surface area contributed by atoms with E-state index >= 15 is 0 Å². The maximum Gasteiger partial charge on any atom is 0.257 e. The highest BCUT2D eigenvalue weighted by molar-refractivity contribution is 9.10. The highest BCUT2D eigenvalue weighted by atomic mass is 79.9. The van der Waals surface area contributed by atoms with E-state index in [1.54, 1.807) is 18.2 Å². The normalized spacial score (nSPS) is 10.6. The van der Waals surface area contributed by atoms with Crippen LogP contribution in [0.4, 0.5) is 5.13 Å². The number of nitrogens with one attached hydrogen (secondary N) is 2. The molecule has 0 bridgehead atoms. The number of hydrogen-bond acceptors (Lipinski definition) is 4. The highest BCUT2D eigenvalue weighted by Gasteiger charge is 2.12. The molecule has 1 amide bonds. The van der Waals surface area contributed by atoms with Crippen LogP contribution < -0.4 is 10.6 Å². The second-order valence-electron chi connectivity index (χ2n) is 5.31. The van der Waals surface area contributed by atoms with E-state index in [-0.39, 0.29) is 11.0 Å². The van der Waals surface area contributed by atoms with Crippen molar-refractivity contribution in [1.29, 1.82) is 0 Å². The molecule has 0 saturated carbocycles. The Balaban J connectivity index is 1.74. The fourth-order valence-electron chi connectivity index (χ4n) is 2.25. The number of carbonyl (C=O) groups is 1. The summed E-state index contributed by atoms with van der Waals surface area (Å²) in [7, 11) is 0. The predicted octanol–water partition coefficient (Wildman–Crippen LogP) is 4.80. The molecule has 0 saturated heterocycles. The number of aromatic nitrogens is 1. The molecule has 0 aliphatic carbocycles. The lowest BCUT2D eigenvalue weighted by molar-refractivity contribution is 0.0977. The minimum absolute atomic E-state index is 0.231. The molecule has 24 heavy (non-hydrogen) atoms. The number of thiazole rings is 1. The SMILES string of the molecule is Cc1ccc(C)c2sc(NC(=S)NC(=O)c3cccc(Br)c3)nc12. The summed E-state index contributed by atoms with van der Waals surface area (Å²) in [5.41, 5.74) is 3.78. The van der Waals surface area contributed by atoms with Crippen LogP contribution in [0.25, 0.3) is 10.2 Å². The first-order valence-corrected chi connectivity index (χ1v) is 9.20. The van der Waals surface area contributed by atoms with Gasteiger partial charge in [-0.1, -0.05) is 45.5 Å².